The number of hydrogen-bond acceptors (Lipinski definition) is 3. The standard InChI is InChI=1S/C21H26N2O/c1-4-7-18(8-5-2)20-9-6-10-21(23-20)24-15-19-12-11-17(14-22)13-16(19)3/h6,9-13,18H,4-5,7-8,15H2,1-3H3. The monoisotopic (exact) mass is 322 g/mol. The Labute approximate surface area is 145 Å². The summed E-state index contributed by atoms with van der Waals surface area (Å²) in [5.41, 5.74) is 3.96. The van der Waals surface area contributed by atoms with Crippen LogP contribution >= 0.6 is 0 Å². The van der Waals surface area contributed by atoms with Crippen molar-refractivity contribution < 1.29 is 4.74 Å². The number of aryl methyl sites for hydroxylation is 1. The highest BCUT2D eigenvalue weighted by molar-refractivity contribution is 5.37. The fourth-order valence-corrected chi connectivity index (χ4v) is 2.95. The fourth-order valence-electron chi connectivity index (χ4n) is 2.95. The lowest BCUT2D eigenvalue weighted by molar-refractivity contribution is 0.291. The predicted molar refractivity (Wildman–Crippen MR) is 97.0 cm³/mol. The first-order valence-corrected chi connectivity index (χ1v) is 8.77. The number of hydrogen-bond donors (Lipinski definition) is 0. The predicted octanol–water partition coefficient (Wildman–Crippen LogP) is 5.52. The summed E-state index contributed by atoms with van der Waals surface area (Å²) in [6.45, 7) is 6.91. The van der Waals surface area contributed by atoms with E-state index in [1.165, 1.54) is 25.7 Å². The van der Waals surface area contributed by atoms with Crippen molar-refractivity contribution in [2.75, 3.05) is 0 Å². The summed E-state index contributed by atoms with van der Waals surface area (Å²) in [7, 11) is 0. The Morgan fingerprint density at radius 2 is 1.88 bits per heavy atom. The van der Waals surface area contributed by atoms with Crippen molar-refractivity contribution >= 4 is 0 Å². The van der Waals surface area contributed by atoms with E-state index in [4.69, 9.17) is 15.0 Å². The van der Waals surface area contributed by atoms with Crippen LogP contribution in [0.1, 0.15) is 67.8 Å². The molecule has 0 unspecified atom stereocenters. The Balaban J connectivity index is 2.08. The number of aromatic nitrogens is 1. The van der Waals surface area contributed by atoms with Crippen LogP contribution in [0.2, 0.25) is 0 Å². The van der Waals surface area contributed by atoms with Gasteiger partial charge in [-0.1, -0.05) is 38.8 Å². The normalized spacial score (nSPS) is 10.6. The summed E-state index contributed by atoms with van der Waals surface area (Å²) in [6.07, 6.45) is 4.67. The zero-order valence-electron chi connectivity index (χ0n) is 14.9. The number of ether oxygens (including phenoxy) is 1. The third-order valence-corrected chi connectivity index (χ3v) is 4.28. The second-order valence-electron chi connectivity index (χ2n) is 6.22. The summed E-state index contributed by atoms with van der Waals surface area (Å²) in [6, 6.07) is 13.9. The van der Waals surface area contributed by atoms with E-state index in [1.54, 1.807) is 0 Å². The molecule has 1 aromatic heterocycles. The number of nitriles is 1. The first-order chi connectivity index (χ1) is 11.7. The highest BCUT2D eigenvalue weighted by Gasteiger charge is 2.12. The zero-order chi connectivity index (χ0) is 17.4. The van der Waals surface area contributed by atoms with Crippen molar-refractivity contribution in [1.29, 1.82) is 5.26 Å². The first-order valence-electron chi connectivity index (χ1n) is 8.77. The molecule has 24 heavy (non-hydrogen) atoms. The second kappa shape index (κ2) is 9.08. The van der Waals surface area contributed by atoms with Crippen LogP contribution in [0.25, 0.3) is 0 Å². The van der Waals surface area contributed by atoms with Gasteiger partial charge in [0, 0.05) is 17.7 Å². The topological polar surface area (TPSA) is 45.9 Å². The van der Waals surface area contributed by atoms with Crippen LogP contribution in [-0.2, 0) is 6.61 Å². The van der Waals surface area contributed by atoms with Crippen LogP contribution in [0, 0.1) is 18.3 Å². The molecule has 1 heterocycles. The molecule has 0 spiro atoms. The van der Waals surface area contributed by atoms with Crippen molar-refractivity contribution in [2.24, 2.45) is 0 Å². The molecule has 3 heteroatoms. The van der Waals surface area contributed by atoms with Crippen LogP contribution in [0.3, 0.4) is 0 Å². The molecule has 0 radical (unpaired) electrons. The molecule has 0 aliphatic heterocycles. The molecule has 0 amide bonds. The molecule has 0 N–H and O–H groups in total. The van der Waals surface area contributed by atoms with Gasteiger partial charge in [0.2, 0.25) is 5.88 Å². The third kappa shape index (κ3) is 4.83. The van der Waals surface area contributed by atoms with E-state index in [0.717, 1.165) is 16.8 Å². The summed E-state index contributed by atoms with van der Waals surface area (Å²) in [5, 5.41) is 8.94. The molecule has 0 bridgehead atoms. The SMILES string of the molecule is CCCC(CCC)c1cccc(OCc2ccc(C#N)cc2C)n1. The van der Waals surface area contributed by atoms with Crippen LogP contribution in [0.15, 0.2) is 36.4 Å². The van der Waals surface area contributed by atoms with Crippen LogP contribution in [0.5, 0.6) is 5.88 Å². The molecule has 0 fully saturated rings. The quantitative estimate of drug-likeness (QED) is 0.642. The summed E-state index contributed by atoms with van der Waals surface area (Å²) < 4.78 is 5.90. The minimum absolute atomic E-state index is 0.472. The number of nitrogens with zero attached hydrogens (tertiary/aromatic N) is 2. The van der Waals surface area contributed by atoms with Crippen molar-refractivity contribution in [3.8, 4) is 11.9 Å². The molecule has 0 saturated carbocycles. The largest absolute Gasteiger partial charge is 0.473 e. The maximum atomic E-state index is 8.94. The Bertz CT molecular complexity index is 697. The van der Waals surface area contributed by atoms with Gasteiger partial charge >= 0.3 is 0 Å². The van der Waals surface area contributed by atoms with E-state index in [9.17, 15) is 0 Å². The van der Waals surface area contributed by atoms with Gasteiger partial charge in [-0.3, -0.25) is 0 Å². The highest BCUT2D eigenvalue weighted by Crippen LogP contribution is 2.26. The average Bonchev–Trinajstić information content (AvgIpc) is 2.60. The molecule has 0 atom stereocenters. The van der Waals surface area contributed by atoms with Gasteiger partial charge in [0.05, 0.1) is 11.6 Å². The summed E-state index contributed by atoms with van der Waals surface area (Å²) in [5.74, 6) is 1.19. The first kappa shape index (κ1) is 18.0. The van der Waals surface area contributed by atoms with Crippen molar-refractivity contribution in [2.45, 2.75) is 59.0 Å². The van der Waals surface area contributed by atoms with Crippen LogP contribution < -0.4 is 4.74 Å². The highest BCUT2D eigenvalue weighted by atomic mass is 16.5. The summed E-state index contributed by atoms with van der Waals surface area (Å²) >= 11 is 0. The van der Waals surface area contributed by atoms with Gasteiger partial charge in [-0.25, -0.2) is 4.98 Å². The molecular weight excluding hydrogens is 296 g/mol. The zero-order valence-corrected chi connectivity index (χ0v) is 14.9. The van der Waals surface area contributed by atoms with Crippen molar-refractivity contribution in [1.82, 2.24) is 4.98 Å². The Morgan fingerprint density at radius 3 is 2.50 bits per heavy atom. The van der Waals surface area contributed by atoms with Gasteiger partial charge in [-0.2, -0.15) is 5.26 Å². The molecule has 2 aromatic rings. The maximum Gasteiger partial charge on any atom is 0.213 e. The number of pyridine rings is 1. The van der Waals surface area contributed by atoms with Crippen LogP contribution in [0.4, 0.5) is 0 Å². The van der Waals surface area contributed by atoms with Crippen molar-refractivity contribution in [3.63, 3.8) is 0 Å². The minimum atomic E-state index is 0.472. The minimum Gasteiger partial charge on any atom is -0.473 e. The second-order valence-corrected chi connectivity index (χ2v) is 6.22. The van der Waals surface area contributed by atoms with E-state index >= 15 is 0 Å². The Hall–Kier alpha value is -2.34. The molecule has 0 aliphatic carbocycles. The van der Waals surface area contributed by atoms with Crippen LogP contribution in [-0.4, -0.2) is 4.98 Å². The average molecular weight is 322 g/mol. The summed E-state index contributed by atoms with van der Waals surface area (Å²) in [4.78, 5) is 4.71. The molecule has 3 nitrogen and oxygen atoms in total. The maximum absolute atomic E-state index is 8.94. The lowest BCUT2D eigenvalue weighted by atomic mass is 9.94. The van der Waals surface area contributed by atoms with E-state index in [1.807, 2.05) is 37.3 Å². The fraction of sp³-hybridized carbons (Fsp3) is 0.429. The number of rotatable bonds is 8. The third-order valence-electron chi connectivity index (χ3n) is 4.28. The lowest BCUT2D eigenvalue weighted by Gasteiger charge is -2.16. The smallest absolute Gasteiger partial charge is 0.213 e. The molecule has 1 aromatic carbocycles. The van der Waals surface area contributed by atoms with Gasteiger partial charge in [0.1, 0.15) is 6.61 Å². The van der Waals surface area contributed by atoms with Gasteiger partial charge in [0.25, 0.3) is 0 Å². The molecule has 0 aliphatic rings. The molecule has 126 valence electrons. The Morgan fingerprint density at radius 1 is 1.12 bits per heavy atom. The van der Waals surface area contributed by atoms with Gasteiger partial charge in [-0.15, -0.1) is 0 Å². The van der Waals surface area contributed by atoms with Crippen molar-refractivity contribution in [3.05, 3.63) is 58.8 Å². The lowest BCUT2D eigenvalue weighted by Crippen LogP contribution is -2.04. The van der Waals surface area contributed by atoms with E-state index in [-0.39, 0.29) is 0 Å². The van der Waals surface area contributed by atoms with Gasteiger partial charge in [0.15, 0.2) is 0 Å². The number of benzene rings is 1. The molecule has 0 saturated heterocycles. The van der Waals surface area contributed by atoms with E-state index in [0.29, 0.717) is 24.0 Å². The van der Waals surface area contributed by atoms with E-state index in [2.05, 4.69) is 26.0 Å². The van der Waals surface area contributed by atoms with E-state index < -0.39 is 0 Å². The molecular formula is C21H26N2O. The molecule has 2 rings (SSSR count). The van der Waals surface area contributed by atoms with Gasteiger partial charge in [-0.05, 0) is 49.1 Å². The van der Waals surface area contributed by atoms with Gasteiger partial charge < -0.3 is 4.74 Å². The Kier molecular flexibility index (Phi) is 6.81.